The number of aliphatic carboxylic acids is 1. The van der Waals surface area contributed by atoms with Gasteiger partial charge in [0, 0.05) is 39.8 Å². The van der Waals surface area contributed by atoms with Gasteiger partial charge in [-0.25, -0.2) is 9.18 Å². The van der Waals surface area contributed by atoms with E-state index in [2.05, 4.69) is 4.90 Å². The number of carbonyl (C=O) groups excluding carboxylic acids is 1. The zero-order valence-corrected chi connectivity index (χ0v) is 17.3. The molecule has 174 valence electrons. The Morgan fingerprint density at radius 2 is 1.87 bits per heavy atom. The maximum Gasteiger partial charge on any atom is 0.490 e. The van der Waals surface area contributed by atoms with Crippen molar-refractivity contribution < 1.29 is 41.7 Å². The minimum Gasteiger partial charge on any atom is -0.475 e. The van der Waals surface area contributed by atoms with E-state index in [0.29, 0.717) is 6.04 Å². The van der Waals surface area contributed by atoms with Gasteiger partial charge in [0.05, 0.1) is 6.10 Å². The minimum atomic E-state index is -5.08. The highest BCUT2D eigenvalue weighted by Crippen LogP contribution is 2.31. The van der Waals surface area contributed by atoms with Crippen LogP contribution in [0.5, 0.6) is 0 Å². The van der Waals surface area contributed by atoms with Crippen LogP contribution in [0, 0.1) is 5.82 Å². The number of rotatable bonds is 5. The molecule has 2 aliphatic heterocycles. The molecule has 11 heteroatoms. The number of fused-ring (bicyclic) bond motifs is 1. The van der Waals surface area contributed by atoms with Gasteiger partial charge in [0.15, 0.2) is 0 Å². The molecule has 0 aliphatic carbocycles. The Hall–Kier alpha value is -2.24. The zero-order chi connectivity index (χ0) is 23.2. The largest absolute Gasteiger partial charge is 0.490 e. The topological polar surface area (TPSA) is 79.3 Å². The van der Waals surface area contributed by atoms with Crippen molar-refractivity contribution in [2.75, 3.05) is 33.9 Å². The summed E-state index contributed by atoms with van der Waals surface area (Å²) in [4.78, 5) is 24.5. The van der Waals surface area contributed by atoms with Crippen LogP contribution in [-0.2, 0) is 25.6 Å². The average Bonchev–Trinajstić information content (AvgIpc) is 3.05. The summed E-state index contributed by atoms with van der Waals surface area (Å²) in [6.07, 6.45) is -3.08. The van der Waals surface area contributed by atoms with Gasteiger partial charge < -0.3 is 19.5 Å². The molecule has 2 fully saturated rings. The van der Waals surface area contributed by atoms with E-state index in [1.54, 1.807) is 14.1 Å². The predicted octanol–water partition coefficient (Wildman–Crippen LogP) is 2.30. The second-order valence-corrected chi connectivity index (χ2v) is 7.54. The summed E-state index contributed by atoms with van der Waals surface area (Å²) in [6, 6.07) is 6.91. The molecular formula is C20H26F4N2O5. The van der Waals surface area contributed by atoms with Gasteiger partial charge in [-0.05, 0) is 30.5 Å². The Bertz CT molecular complexity index is 742. The summed E-state index contributed by atoms with van der Waals surface area (Å²) in [5.74, 6) is -3.02. The highest BCUT2D eigenvalue weighted by Gasteiger charge is 2.44. The SMILES string of the molecule is CN(C)C(=O)CO[C@@H]1CN(Cc2ccc(F)cc2)[C@@H]2CCCO[C@@H]21.O=C(O)C(F)(F)F. The fourth-order valence-corrected chi connectivity index (χ4v) is 3.46. The molecule has 1 N–H and O–H groups in total. The number of carboxylic acid groups (broad SMARTS) is 1. The molecular weight excluding hydrogens is 424 g/mol. The van der Waals surface area contributed by atoms with Crippen molar-refractivity contribution >= 4 is 11.9 Å². The summed E-state index contributed by atoms with van der Waals surface area (Å²) in [6.45, 7) is 2.29. The molecule has 0 bridgehead atoms. The van der Waals surface area contributed by atoms with Crippen molar-refractivity contribution in [2.24, 2.45) is 0 Å². The first-order valence-corrected chi connectivity index (χ1v) is 9.71. The summed E-state index contributed by atoms with van der Waals surface area (Å²) in [5.41, 5.74) is 1.07. The number of likely N-dealkylation sites (tertiary alicyclic amines) is 1. The molecule has 1 aromatic carbocycles. The molecule has 3 rings (SSSR count). The van der Waals surface area contributed by atoms with Gasteiger partial charge in [-0.3, -0.25) is 9.69 Å². The first kappa shape index (κ1) is 25.0. The molecule has 0 spiro atoms. The van der Waals surface area contributed by atoms with Crippen molar-refractivity contribution in [1.82, 2.24) is 9.80 Å². The Morgan fingerprint density at radius 3 is 2.42 bits per heavy atom. The highest BCUT2D eigenvalue weighted by atomic mass is 19.4. The summed E-state index contributed by atoms with van der Waals surface area (Å²) in [5, 5.41) is 7.12. The number of halogens is 4. The van der Waals surface area contributed by atoms with Crippen LogP contribution >= 0.6 is 0 Å². The van der Waals surface area contributed by atoms with Gasteiger partial charge in [0.2, 0.25) is 5.91 Å². The van der Waals surface area contributed by atoms with Crippen LogP contribution in [0.15, 0.2) is 24.3 Å². The lowest BCUT2D eigenvalue weighted by Crippen LogP contribution is -2.42. The number of ether oxygens (including phenoxy) is 2. The summed E-state index contributed by atoms with van der Waals surface area (Å²) in [7, 11) is 3.45. The Kier molecular flexibility index (Phi) is 8.78. The van der Waals surface area contributed by atoms with Crippen molar-refractivity contribution in [1.29, 1.82) is 0 Å². The first-order chi connectivity index (χ1) is 14.5. The van der Waals surface area contributed by atoms with Gasteiger partial charge >= 0.3 is 12.1 Å². The van der Waals surface area contributed by atoms with Gasteiger partial charge in [0.25, 0.3) is 0 Å². The molecule has 0 radical (unpaired) electrons. The molecule has 0 aromatic heterocycles. The molecule has 2 saturated heterocycles. The van der Waals surface area contributed by atoms with Crippen LogP contribution in [0.4, 0.5) is 17.6 Å². The number of amides is 1. The monoisotopic (exact) mass is 450 g/mol. The second-order valence-electron chi connectivity index (χ2n) is 7.54. The van der Waals surface area contributed by atoms with E-state index >= 15 is 0 Å². The Labute approximate surface area is 177 Å². The molecule has 0 unspecified atom stereocenters. The average molecular weight is 450 g/mol. The van der Waals surface area contributed by atoms with E-state index in [0.717, 1.165) is 38.1 Å². The van der Waals surface area contributed by atoms with Crippen LogP contribution in [0.2, 0.25) is 0 Å². The second kappa shape index (κ2) is 10.9. The number of carbonyl (C=O) groups is 2. The number of nitrogens with zero attached hydrogens (tertiary/aromatic N) is 2. The van der Waals surface area contributed by atoms with Crippen molar-refractivity contribution in [3.8, 4) is 0 Å². The molecule has 0 saturated carbocycles. The molecule has 1 amide bonds. The zero-order valence-electron chi connectivity index (χ0n) is 17.3. The number of hydrogen-bond acceptors (Lipinski definition) is 5. The van der Waals surface area contributed by atoms with E-state index in [9.17, 15) is 22.4 Å². The number of benzene rings is 1. The summed E-state index contributed by atoms with van der Waals surface area (Å²) >= 11 is 0. The van der Waals surface area contributed by atoms with Crippen LogP contribution < -0.4 is 0 Å². The van der Waals surface area contributed by atoms with Crippen LogP contribution in [0.3, 0.4) is 0 Å². The Balaban J connectivity index is 0.000000423. The Morgan fingerprint density at radius 1 is 1.26 bits per heavy atom. The number of likely N-dealkylation sites (N-methyl/N-ethyl adjacent to an activating group) is 1. The first-order valence-electron chi connectivity index (χ1n) is 9.71. The fraction of sp³-hybridized carbons (Fsp3) is 0.600. The van der Waals surface area contributed by atoms with Gasteiger partial charge in [-0.1, -0.05) is 12.1 Å². The normalized spacial score (nSPS) is 23.5. The maximum absolute atomic E-state index is 13.1. The molecule has 7 nitrogen and oxygen atoms in total. The fourth-order valence-electron chi connectivity index (χ4n) is 3.46. The molecule has 1 aromatic rings. The van der Waals surface area contributed by atoms with Crippen LogP contribution in [0.1, 0.15) is 18.4 Å². The van der Waals surface area contributed by atoms with E-state index in [4.69, 9.17) is 19.4 Å². The third-order valence-electron chi connectivity index (χ3n) is 5.04. The minimum absolute atomic E-state index is 0.00848. The predicted molar refractivity (Wildman–Crippen MR) is 102 cm³/mol. The highest BCUT2D eigenvalue weighted by molar-refractivity contribution is 5.76. The van der Waals surface area contributed by atoms with Gasteiger partial charge in [-0.15, -0.1) is 0 Å². The number of hydrogen-bond donors (Lipinski definition) is 1. The van der Waals surface area contributed by atoms with E-state index < -0.39 is 12.1 Å². The lowest BCUT2D eigenvalue weighted by Gasteiger charge is -2.32. The lowest BCUT2D eigenvalue weighted by molar-refractivity contribution is -0.192. The van der Waals surface area contributed by atoms with Gasteiger partial charge in [-0.2, -0.15) is 13.2 Å². The van der Waals surface area contributed by atoms with Crippen molar-refractivity contribution in [3.05, 3.63) is 35.6 Å². The van der Waals surface area contributed by atoms with Crippen molar-refractivity contribution in [2.45, 2.75) is 43.8 Å². The smallest absolute Gasteiger partial charge is 0.475 e. The number of alkyl halides is 3. The third kappa shape index (κ3) is 7.44. The van der Waals surface area contributed by atoms with Crippen molar-refractivity contribution in [3.63, 3.8) is 0 Å². The van der Waals surface area contributed by atoms with E-state index in [1.165, 1.54) is 17.0 Å². The summed E-state index contributed by atoms with van der Waals surface area (Å²) < 4.78 is 56.6. The number of carboxylic acids is 1. The third-order valence-corrected chi connectivity index (χ3v) is 5.04. The lowest BCUT2D eigenvalue weighted by atomic mass is 10.0. The maximum atomic E-state index is 13.1. The molecule has 3 atom stereocenters. The van der Waals surface area contributed by atoms with Crippen LogP contribution in [0.25, 0.3) is 0 Å². The molecule has 2 heterocycles. The quantitative estimate of drug-likeness (QED) is 0.694. The van der Waals surface area contributed by atoms with E-state index in [1.807, 2.05) is 12.1 Å². The van der Waals surface area contributed by atoms with Crippen LogP contribution in [-0.4, -0.2) is 85.1 Å². The standard InChI is InChI=1S/C18H25FN2O3.C2HF3O2/c1-20(2)17(22)12-24-16-11-21(15-4-3-9-23-18(15)16)10-13-5-7-14(19)8-6-13;3-2(4,5)1(6)7/h5-8,15-16,18H,3-4,9-12H2,1-2H3;(H,6,7)/t15-,16-,18+;/m1./s1. The van der Waals surface area contributed by atoms with Gasteiger partial charge in [0.1, 0.15) is 18.5 Å². The van der Waals surface area contributed by atoms with E-state index in [-0.39, 0.29) is 30.5 Å². The molecule has 2 aliphatic rings. The molecule has 31 heavy (non-hydrogen) atoms.